The van der Waals surface area contributed by atoms with Gasteiger partial charge in [0, 0.05) is 29.2 Å². The molecule has 6 aromatic carbocycles. The number of rotatable bonds is 12. The fourth-order valence-electron chi connectivity index (χ4n) is 7.09. The molecule has 0 saturated carbocycles. The molecule has 5 heteroatoms. The van der Waals surface area contributed by atoms with E-state index in [1.165, 1.54) is 43.2 Å². The minimum absolute atomic E-state index is 0. The third kappa shape index (κ3) is 9.92. The number of hydrogen-bond donors (Lipinski definition) is 0. The zero-order valence-corrected chi connectivity index (χ0v) is 34.4. The molecule has 0 aromatic heterocycles. The summed E-state index contributed by atoms with van der Waals surface area (Å²) in [5.74, 6) is 0. The first-order valence-corrected chi connectivity index (χ1v) is 20.8. The van der Waals surface area contributed by atoms with Crippen LogP contribution in [0.25, 0.3) is 0 Å². The van der Waals surface area contributed by atoms with Crippen LogP contribution in [0.3, 0.4) is 0 Å². The monoisotopic (exact) mass is 752 g/mol. The van der Waals surface area contributed by atoms with Crippen molar-refractivity contribution in [3.05, 3.63) is 158 Å². The van der Waals surface area contributed by atoms with Crippen molar-refractivity contribution in [2.24, 2.45) is 0 Å². The summed E-state index contributed by atoms with van der Waals surface area (Å²) in [7, 11) is -1.11. The van der Waals surface area contributed by atoms with Gasteiger partial charge in [-0.05, 0) is 86.0 Å². The predicted molar refractivity (Wildman–Crippen MR) is 227 cm³/mol. The van der Waals surface area contributed by atoms with Gasteiger partial charge >= 0.3 is 0 Å². The van der Waals surface area contributed by atoms with Crippen molar-refractivity contribution in [2.75, 3.05) is 9.80 Å². The normalized spacial score (nSPS) is 11.3. The second-order valence-electron chi connectivity index (χ2n) is 13.8. The van der Waals surface area contributed by atoms with Gasteiger partial charge in [-0.3, -0.25) is 0 Å². The van der Waals surface area contributed by atoms with E-state index in [0.717, 1.165) is 0 Å². The standard InChI is InChI=1S/2C23H27NP.Fe/c2*1-18(2)24(19(3)4)22-16-11-17-23(22)25(20-12-7-5-8-13-20)21-14-9-6-10-15-21;/h2*5-19H,1-4H3;/q-5;-1;. The Morgan fingerprint density at radius 3 is 1.25 bits per heavy atom. The Labute approximate surface area is 321 Å². The van der Waals surface area contributed by atoms with Crippen LogP contribution in [-0.4, -0.2) is 24.2 Å². The molecular weight excluding hydrogens is 698 g/mol. The van der Waals surface area contributed by atoms with E-state index in [1.54, 1.807) is 0 Å². The summed E-state index contributed by atoms with van der Waals surface area (Å²) < 4.78 is 0. The molecule has 6 aromatic rings. The van der Waals surface area contributed by atoms with Crippen molar-refractivity contribution >= 4 is 59.0 Å². The van der Waals surface area contributed by atoms with Gasteiger partial charge in [0.05, 0.1) is 0 Å². The molecular formula is C46H54FeN2P2-6. The van der Waals surface area contributed by atoms with Gasteiger partial charge in [0.25, 0.3) is 0 Å². The average Bonchev–Trinajstić information content (AvgIpc) is 3.77. The maximum absolute atomic E-state index is 2.54. The number of benzene rings is 4. The molecule has 0 N–H and O–H groups in total. The largest absolute Gasteiger partial charge is 0.746 e. The SMILES string of the molecule is CC(C)N([c-]1[cH-][cH-][cH-][c-]1P(c1ccccc1)c1ccccc1)C(C)C.CC(C)N([c-]1cccc1P(c1ccccc1)c1ccccc1)C(C)C.[Fe]. The third-order valence-corrected chi connectivity index (χ3v) is 13.8. The van der Waals surface area contributed by atoms with Crippen LogP contribution in [0.5, 0.6) is 0 Å². The van der Waals surface area contributed by atoms with Crippen LogP contribution in [0.15, 0.2) is 158 Å². The Balaban J connectivity index is 0.000000224. The van der Waals surface area contributed by atoms with Gasteiger partial charge in [0.15, 0.2) is 0 Å². The molecule has 0 radical (unpaired) electrons. The van der Waals surface area contributed by atoms with E-state index in [0.29, 0.717) is 24.2 Å². The molecule has 0 spiro atoms. The molecule has 0 heterocycles. The van der Waals surface area contributed by atoms with Crippen LogP contribution in [0, 0.1) is 0 Å². The van der Waals surface area contributed by atoms with Gasteiger partial charge in [-0.2, -0.15) is 6.07 Å². The van der Waals surface area contributed by atoms with Crippen molar-refractivity contribution in [1.29, 1.82) is 0 Å². The molecule has 2 nitrogen and oxygen atoms in total. The quantitative estimate of drug-likeness (QED) is 0.0699. The molecule has 272 valence electrons. The Morgan fingerprint density at radius 2 is 0.863 bits per heavy atom. The van der Waals surface area contributed by atoms with E-state index < -0.39 is 15.8 Å². The predicted octanol–water partition coefficient (Wildman–Crippen LogP) is 9.57. The van der Waals surface area contributed by atoms with E-state index in [9.17, 15) is 0 Å². The molecule has 0 amide bonds. The van der Waals surface area contributed by atoms with Crippen molar-refractivity contribution < 1.29 is 17.1 Å². The van der Waals surface area contributed by atoms with Crippen LogP contribution in [0.4, 0.5) is 11.4 Å². The summed E-state index contributed by atoms with van der Waals surface area (Å²) in [4.78, 5) is 5.08. The maximum Gasteiger partial charge on any atom is 0.0121 e. The van der Waals surface area contributed by atoms with Crippen LogP contribution in [-0.2, 0) is 17.1 Å². The summed E-state index contributed by atoms with van der Waals surface area (Å²) >= 11 is 0. The van der Waals surface area contributed by atoms with Gasteiger partial charge in [0.2, 0.25) is 0 Å². The molecule has 6 rings (SSSR count). The fraction of sp³-hybridized carbons (Fsp3) is 0.261. The molecule has 0 bridgehead atoms. The maximum atomic E-state index is 2.54. The number of nitrogens with zero attached hydrogens (tertiary/aromatic N) is 2. The number of hydrogen-bond acceptors (Lipinski definition) is 2. The molecule has 0 atom stereocenters. The van der Waals surface area contributed by atoms with Crippen molar-refractivity contribution in [1.82, 2.24) is 0 Å². The van der Waals surface area contributed by atoms with E-state index in [1.807, 2.05) is 0 Å². The van der Waals surface area contributed by atoms with Crippen LogP contribution >= 0.6 is 15.8 Å². The first kappa shape index (κ1) is 40.3. The summed E-state index contributed by atoms with van der Waals surface area (Å²) in [5, 5.41) is 8.53. The summed E-state index contributed by atoms with van der Waals surface area (Å²) in [5.41, 5.74) is 2.76. The zero-order valence-electron chi connectivity index (χ0n) is 31.5. The molecule has 0 aliphatic rings. The molecule has 51 heavy (non-hydrogen) atoms. The molecule has 0 fully saturated rings. The fourth-order valence-corrected chi connectivity index (χ4v) is 12.0. The molecule has 0 aliphatic heterocycles. The van der Waals surface area contributed by atoms with Crippen LogP contribution < -0.4 is 41.6 Å². The Hall–Kier alpha value is -3.44. The van der Waals surface area contributed by atoms with E-state index in [-0.39, 0.29) is 17.1 Å². The minimum Gasteiger partial charge on any atom is -0.746 e. The summed E-state index contributed by atoms with van der Waals surface area (Å²) in [6, 6.07) is 59.3. The van der Waals surface area contributed by atoms with Crippen LogP contribution in [0.1, 0.15) is 55.4 Å². The van der Waals surface area contributed by atoms with E-state index in [2.05, 4.69) is 223 Å². The molecule has 0 saturated heterocycles. The van der Waals surface area contributed by atoms with Gasteiger partial charge in [0.1, 0.15) is 0 Å². The van der Waals surface area contributed by atoms with Crippen molar-refractivity contribution in [3.8, 4) is 0 Å². The Bertz CT molecular complexity index is 1600. The van der Waals surface area contributed by atoms with Gasteiger partial charge in [-0.25, -0.2) is 20.1 Å². The van der Waals surface area contributed by atoms with Crippen LogP contribution in [0.2, 0.25) is 0 Å². The first-order valence-electron chi connectivity index (χ1n) is 18.1. The molecule has 0 unspecified atom stereocenters. The summed E-state index contributed by atoms with van der Waals surface area (Å²) in [6.07, 6.45) is 0. The summed E-state index contributed by atoms with van der Waals surface area (Å²) in [6.45, 7) is 18.3. The van der Waals surface area contributed by atoms with Gasteiger partial charge < -0.3 is 39.0 Å². The van der Waals surface area contributed by atoms with E-state index >= 15 is 0 Å². The first-order chi connectivity index (χ1) is 24.2. The van der Waals surface area contributed by atoms with Crippen molar-refractivity contribution in [2.45, 2.75) is 79.6 Å². The Morgan fingerprint density at radius 1 is 0.471 bits per heavy atom. The van der Waals surface area contributed by atoms with Crippen molar-refractivity contribution in [3.63, 3.8) is 0 Å². The average molecular weight is 753 g/mol. The zero-order chi connectivity index (χ0) is 35.6. The smallest absolute Gasteiger partial charge is 0.0121 e. The number of anilines is 2. The Kier molecular flexibility index (Phi) is 15.4. The third-order valence-electron chi connectivity index (χ3n) is 8.86. The van der Waals surface area contributed by atoms with Gasteiger partial charge in [-0.1, -0.05) is 138 Å². The molecule has 0 aliphatic carbocycles. The van der Waals surface area contributed by atoms with Gasteiger partial charge in [-0.15, -0.1) is 5.30 Å². The second-order valence-corrected chi connectivity index (χ2v) is 18.2. The second kappa shape index (κ2) is 19.4. The minimum atomic E-state index is -0.553. The van der Waals surface area contributed by atoms with E-state index in [4.69, 9.17) is 0 Å². The topological polar surface area (TPSA) is 6.48 Å².